The molecule has 81 heavy (non-hydrogen) atoms. The van der Waals surface area contributed by atoms with Crippen LogP contribution in [0.4, 0.5) is 0 Å². The number of rotatable bonds is 27. The molecule has 0 amide bonds. The van der Waals surface area contributed by atoms with Gasteiger partial charge in [-0.3, -0.25) is 0 Å². The second-order valence-electron chi connectivity index (χ2n) is 21.2. The molecule has 0 saturated heterocycles. The van der Waals surface area contributed by atoms with Crippen LogP contribution >= 0.6 is 0 Å². The third-order valence-corrected chi connectivity index (χ3v) is 15.7. The van der Waals surface area contributed by atoms with Gasteiger partial charge in [0.05, 0.1) is 19.8 Å². The molecule has 0 aliphatic rings. The summed E-state index contributed by atoms with van der Waals surface area (Å²) in [6, 6.07) is 52.0. The number of hydrogen-bond donors (Lipinski definition) is 0. The third kappa shape index (κ3) is 13.6. The van der Waals surface area contributed by atoms with E-state index in [-0.39, 0.29) is 0 Å². The van der Waals surface area contributed by atoms with Crippen LogP contribution in [0.15, 0.2) is 202 Å². The van der Waals surface area contributed by atoms with Crippen molar-refractivity contribution < 1.29 is 27.9 Å². The lowest BCUT2D eigenvalue weighted by Gasteiger charge is -2.24. The van der Waals surface area contributed by atoms with Gasteiger partial charge in [0.1, 0.15) is 91.1 Å². The molecular weight excluding hydrogens is 997 g/mol. The number of nitrogens with zero attached hydrogens (tertiary/aromatic N) is 6. The molecule has 7 aromatic carbocycles. The van der Waals surface area contributed by atoms with Gasteiger partial charge < -0.3 is 14.2 Å². The Hall–Kier alpha value is -8.43. The van der Waals surface area contributed by atoms with Gasteiger partial charge in [-0.25, -0.2) is 27.4 Å². The molecule has 9 nitrogen and oxygen atoms in total. The highest BCUT2D eigenvalue weighted by molar-refractivity contribution is 5.67. The third-order valence-electron chi connectivity index (χ3n) is 15.7. The van der Waals surface area contributed by atoms with Crippen LogP contribution in [-0.4, -0.2) is 33.5 Å². The lowest BCUT2D eigenvalue weighted by atomic mass is 9.83. The van der Waals surface area contributed by atoms with Crippen LogP contribution in [0, 0.1) is 0 Å². The molecule has 0 atom stereocenters. The average Bonchev–Trinajstić information content (AvgIpc) is 4.32. The van der Waals surface area contributed by atoms with Crippen molar-refractivity contribution in [2.24, 2.45) is 0 Å². The van der Waals surface area contributed by atoms with Crippen LogP contribution in [0.3, 0.4) is 0 Å². The van der Waals surface area contributed by atoms with Gasteiger partial charge in [0.15, 0.2) is 0 Å². The van der Waals surface area contributed by atoms with E-state index in [1.165, 1.54) is 66.8 Å². The molecule has 0 spiro atoms. The number of hydrogen-bond acceptors (Lipinski definition) is 3. The van der Waals surface area contributed by atoms with Crippen LogP contribution in [0.2, 0.25) is 0 Å². The van der Waals surface area contributed by atoms with E-state index < -0.39 is 0 Å². The zero-order valence-corrected chi connectivity index (χ0v) is 48.6. The van der Waals surface area contributed by atoms with Crippen molar-refractivity contribution in [3.05, 3.63) is 235 Å². The maximum atomic E-state index is 5.93. The first kappa shape index (κ1) is 55.9. The van der Waals surface area contributed by atoms with E-state index in [0.717, 1.165) is 132 Å². The predicted molar refractivity (Wildman–Crippen MR) is 327 cm³/mol. The van der Waals surface area contributed by atoms with Crippen LogP contribution < -0.4 is 27.9 Å². The normalized spacial score (nSPS) is 11.3. The molecule has 10 aromatic rings. The smallest absolute Gasteiger partial charge is 0.249 e. The molecule has 0 saturated carbocycles. The van der Waals surface area contributed by atoms with Crippen LogP contribution in [0.5, 0.6) is 17.2 Å². The van der Waals surface area contributed by atoms with Gasteiger partial charge in [-0.2, -0.15) is 0 Å². The standard InChI is InChI=1S/C72H81N6O3/c1-7-13-46-79-64-34-22-58(23-35-64)55-16-28-61(29-17-55)76-43-40-73(52-76)49-70-67(10-4)71(50-74-41-44-77(53-74)62-30-18-56(19-31-62)59-24-36-65(37-25-59)80-47-14-8-2)69(12-6)72(68(70)11-5)51-75-42-45-78(54-75)63-32-20-57(21-33-63)60-26-38-66(39-27-60)81-48-15-9-3/h16-45,52-54H,7-15,46-51H2,1-6H3/q+3. The number of benzene rings is 7. The molecule has 0 aliphatic carbocycles. The topological polar surface area (TPSA) is 54.1 Å². The highest BCUT2D eigenvalue weighted by Gasteiger charge is 2.26. The fourth-order valence-electron chi connectivity index (χ4n) is 11.1. The molecule has 0 unspecified atom stereocenters. The molecule has 10 rings (SSSR count). The zero-order valence-electron chi connectivity index (χ0n) is 48.6. The van der Waals surface area contributed by atoms with Crippen molar-refractivity contribution >= 4 is 0 Å². The van der Waals surface area contributed by atoms with Crippen molar-refractivity contribution in [1.29, 1.82) is 0 Å². The van der Waals surface area contributed by atoms with Crippen LogP contribution in [0.1, 0.15) is 113 Å². The monoisotopic (exact) mass is 1080 g/mol. The quantitative estimate of drug-likeness (QED) is 0.0381. The van der Waals surface area contributed by atoms with Gasteiger partial charge in [0.25, 0.3) is 0 Å². The highest BCUT2D eigenvalue weighted by Crippen LogP contribution is 2.32. The van der Waals surface area contributed by atoms with Gasteiger partial charge in [0.2, 0.25) is 19.0 Å². The van der Waals surface area contributed by atoms with E-state index in [1.807, 2.05) is 0 Å². The summed E-state index contributed by atoms with van der Waals surface area (Å²) in [7, 11) is 0. The van der Waals surface area contributed by atoms with Crippen LogP contribution in [-0.2, 0) is 38.9 Å². The first-order valence-electron chi connectivity index (χ1n) is 29.7. The molecule has 0 fully saturated rings. The summed E-state index contributed by atoms with van der Waals surface area (Å²) in [5, 5.41) is 0. The second-order valence-corrected chi connectivity index (χ2v) is 21.2. The largest absolute Gasteiger partial charge is 0.494 e. The zero-order chi connectivity index (χ0) is 55.9. The minimum absolute atomic E-state index is 0.753. The molecule has 414 valence electrons. The maximum absolute atomic E-state index is 5.93. The van der Waals surface area contributed by atoms with Crippen molar-refractivity contribution in [2.45, 2.75) is 119 Å². The van der Waals surface area contributed by atoms with Gasteiger partial charge >= 0.3 is 0 Å². The van der Waals surface area contributed by atoms with E-state index >= 15 is 0 Å². The molecule has 3 heterocycles. The minimum atomic E-state index is 0.753. The Kier molecular flexibility index (Phi) is 18.7. The lowest BCUT2D eigenvalue weighted by molar-refractivity contribution is -0.689. The summed E-state index contributed by atoms with van der Waals surface area (Å²) in [4.78, 5) is 0. The van der Waals surface area contributed by atoms with Crippen molar-refractivity contribution in [3.63, 3.8) is 0 Å². The molecule has 3 aromatic heterocycles. The van der Waals surface area contributed by atoms with Gasteiger partial charge in [-0.15, -0.1) is 0 Å². The Morgan fingerprint density at radius 3 is 0.753 bits per heavy atom. The Bertz CT molecular complexity index is 3170. The van der Waals surface area contributed by atoms with E-state index in [2.05, 4.69) is 271 Å². The summed E-state index contributed by atoms with van der Waals surface area (Å²) in [6.45, 7) is 18.2. The Labute approximate surface area is 480 Å². The second kappa shape index (κ2) is 27.2. The summed E-state index contributed by atoms with van der Waals surface area (Å²) in [5.74, 6) is 2.77. The van der Waals surface area contributed by atoms with E-state index in [4.69, 9.17) is 14.2 Å². The van der Waals surface area contributed by atoms with Crippen LogP contribution in [0.25, 0.3) is 50.4 Å². The highest BCUT2D eigenvalue weighted by atomic mass is 16.5. The van der Waals surface area contributed by atoms with Gasteiger partial charge in [-0.1, -0.05) is 134 Å². The first-order valence-corrected chi connectivity index (χ1v) is 29.7. The molecule has 0 aliphatic heterocycles. The first-order chi connectivity index (χ1) is 39.8. The minimum Gasteiger partial charge on any atom is -0.494 e. The van der Waals surface area contributed by atoms with E-state index in [0.29, 0.717) is 0 Å². The number of ether oxygens (including phenoxy) is 3. The summed E-state index contributed by atoms with van der Waals surface area (Å²) in [6.07, 6.45) is 29.4. The fourth-order valence-corrected chi connectivity index (χ4v) is 11.1. The number of aromatic nitrogens is 6. The summed E-state index contributed by atoms with van der Waals surface area (Å²) in [5.41, 5.74) is 19.1. The summed E-state index contributed by atoms with van der Waals surface area (Å²) >= 11 is 0. The SMILES string of the molecule is CCCCOc1ccc(-c2ccc(-n3cc[n+](Cc4c(CC)c(C[n+]5ccn(-c6ccc(-c7ccc(OCCCC)cc7)cc6)c5)c(CC)c(C[n+]5ccn(-c6ccc(-c7ccc(OCCCC)cc7)cc6)c5)c4CC)c3)cc2)cc1. The predicted octanol–water partition coefficient (Wildman–Crippen LogP) is 15.3. The van der Waals surface area contributed by atoms with E-state index in [9.17, 15) is 0 Å². The molecule has 0 bridgehead atoms. The Morgan fingerprint density at radius 2 is 0.531 bits per heavy atom. The molecular formula is C72H81N6O3+3. The van der Waals surface area contributed by atoms with Crippen molar-refractivity contribution in [1.82, 2.24) is 13.7 Å². The van der Waals surface area contributed by atoms with Gasteiger partial charge in [-0.05, 0) is 161 Å². The lowest BCUT2D eigenvalue weighted by Crippen LogP contribution is -2.38. The summed E-state index contributed by atoms with van der Waals surface area (Å²) < 4.78 is 31.6. The van der Waals surface area contributed by atoms with Gasteiger partial charge in [0, 0.05) is 16.7 Å². The number of imidazole rings is 3. The van der Waals surface area contributed by atoms with Crippen molar-refractivity contribution in [2.75, 3.05) is 19.8 Å². The molecule has 0 N–H and O–H groups in total. The molecule has 9 heteroatoms. The molecule has 0 radical (unpaired) electrons. The fraction of sp³-hybridized carbons (Fsp3) is 0.292. The van der Waals surface area contributed by atoms with E-state index in [1.54, 1.807) is 0 Å². The number of unbranched alkanes of at least 4 members (excludes halogenated alkanes) is 3. The maximum Gasteiger partial charge on any atom is 0.249 e. The van der Waals surface area contributed by atoms with Crippen molar-refractivity contribution in [3.8, 4) is 67.7 Å². The Morgan fingerprint density at radius 1 is 0.296 bits per heavy atom. The average molecular weight is 1080 g/mol. The Balaban J connectivity index is 0.934.